The third kappa shape index (κ3) is 6.73. The van der Waals surface area contributed by atoms with Crippen molar-refractivity contribution in [2.75, 3.05) is 20.2 Å². The van der Waals surface area contributed by atoms with Gasteiger partial charge in [0.05, 0.1) is 19.3 Å². The number of ether oxygens (including phenoxy) is 1. The zero-order chi connectivity index (χ0) is 24.7. The number of carboxylic acid groups (broad SMARTS) is 1. The first-order chi connectivity index (χ1) is 16.2. The Labute approximate surface area is 192 Å². The Hall–Kier alpha value is -3.54. The molecule has 34 heavy (non-hydrogen) atoms. The molecule has 12 heteroatoms. The van der Waals surface area contributed by atoms with Crippen LogP contribution in [0.1, 0.15) is 30.0 Å². The monoisotopic (exact) mass is 481 g/mol. The molecule has 1 aliphatic rings. The van der Waals surface area contributed by atoms with Crippen LogP contribution in [0.25, 0.3) is 11.1 Å². The quantitative estimate of drug-likeness (QED) is 0.537. The lowest BCUT2D eigenvalue weighted by Crippen LogP contribution is -2.28. The Bertz CT molecular complexity index is 1110. The number of hydrogen-bond donors (Lipinski definition) is 2. The number of methoxy groups -OCH3 is 1. The molecule has 1 aromatic carbocycles. The minimum atomic E-state index is -5.08. The zero-order valence-corrected chi connectivity index (χ0v) is 18.2. The molecule has 2 aromatic heterocycles. The summed E-state index contributed by atoms with van der Waals surface area (Å²) in [4.78, 5) is 13.2. The van der Waals surface area contributed by atoms with Crippen LogP contribution in [0.5, 0.6) is 5.75 Å². The molecule has 1 aliphatic heterocycles. The van der Waals surface area contributed by atoms with Gasteiger partial charge < -0.3 is 15.2 Å². The summed E-state index contributed by atoms with van der Waals surface area (Å²) < 4.78 is 52.6. The molecule has 0 amide bonds. The molecule has 182 valence electrons. The maximum Gasteiger partial charge on any atom is 0.490 e. The number of alkyl halides is 3. The Kier molecular flexibility index (Phi) is 8.16. The first kappa shape index (κ1) is 25.1. The molecule has 3 heterocycles. The van der Waals surface area contributed by atoms with Crippen molar-refractivity contribution in [3.8, 4) is 16.9 Å². The van der Waals surface area contributed by atoms with Crippen molar-refractivity contribution in [1.29, 1.82) is 0 Å². The molecular weight excluding hydrogens is 458 g/mol. The van der Waals surface area contributed by atoms with Crippen molar-refractivity contribution in [1.82, 2.24) is 25.3 Å². The molecule has 0 saturated carbocycles. The van der Waals surface area contributed by atoms with Crippen LogP contribution >= 0.6 is 0 Å². The van der Waals surface area contributed by atoms with Crippen LogP contribution in [0.3, 0.4) is 0 Å². The molecule has 0 aliphatic carbocycles. The largest absolute Gasteiger partial charge is 0.496 e. The van der Waals surface area contributed by atoms with E-state index in [9.17, 15) is 17.6 Å². The summed E-state index contributed by atoms with van der Waals surface area (Å²) in [5.41, 5.74) is 3.48. The molecule has 8 nitrogen and oxygen atoms in total. The summed E-state index contributed by atoms with van der Waals surface area (Å²) in [6, 6.07) is 6.45. The van der Waals surface area contributed by atoms with Gasteiger partial charge in [-0.2, -0.15) is 13.2 Å². The summed E-state index contributed by atoms with van der Waals surface area (Å²) in [5, 5.41) is 19.1. The van der Waals surface area contributed by atoms with Gasteiger partial charge in [-0.1, -0.05) is 5.21 Å². The number of rotatable bonds is 5. The number of benzene rings is 1. The fraction of sp³-hybridized carbons (Fsp3) is 0.364. The van der Waals surface area contributed by atoms with Crippen LogP contribution < -0.4 is 10.1 Å². The number of aliphatic carboxylic acids is 1. The van der Waals surface area contributed by atoms with Crippen LogP contribution in [-0.4, -0.2) is 57.4 Å². The average Bonchev–Trinajstić information content (AvgIpc) is 3.28. The molecule has 3 aromatic rings. The molecule has 0 radical (unpaired) electrons. The lowest BCUT2D eigenvalue weighted by Gasteiger charge is -2.20. The van der Waals surface area contributed by atoms with E-state index in [1.54, 1.807) is 25.6 Å². The van der Waals surface area contributed by atoms with Crippen molar-refractivity contribution in [3.05, 3.63) is 59.9 Å². The van der Waals surface area contributed by atoms with E-state index >= 15 is 0 Å². The minimum Gasteiger partial charge on any atom is -0.496 e. The number of halogens is 4. The van der Waals surface area contributed by atoms with Crippen LogP contribution in [-0.2, 0) is 11.3 Å². The van der Waals surface area contributed by atoms with Gasteiger partial charge in [-0.05, 0) is 49.2 Å². The van der Waals surface area contributed by atoms with Crippen molar-refractivity contribution in [2.45, 2.75) is 31.5 Å². The van der Waals surface area contributed by atoms with Gasteiger partial charge in [-0.15, -0.1) is 5.10 Å². The van der Waals surface area contributed by atoms with E-state index < -0.39 is 12.1 Å². The lowest BCUT2D eigenvalue weighted by atomic mass is 9.97. The average molecular weight is 481 g/mol. The number of carbonyl (C=O) groups is 1. The van der Waals surface area contributed by atoms with Gasteiger partial charge in [0.25, 0.3) is 0 Å². The predicted molar refractivity (Wildman–Crippen MR) is 114 cm³/mol. The number of aromatic nitrogens is 4. The van der Waals surface area contributed by atoms with E-state index in [-0.39, 0.29) is 5.82 Å². The van der Waals surface area contributed by atoms with Crippen molar-refractivity contribution >= 4 is 5.97 Å². The van der Waals surface area contributed by atoms with Crippen molar-refractivity contribution in [3.63, 3.8) is 0 Å². The van der Waals surface area contributed by atoms with Crippen LogP contribution in [0, 0.1) is 5.82 Å². The number of nitrogens with zero attached hydrogens (tertiary/aromatic N) is 4. The number of hydrogen-bond acceptors (Lipinski definition) is 6. The molecule has 1 fully saturated rings. The zero-order valence-electron chi connectivity index (χ0n) is 18.2. The van der Waals surface area contributed by atoms with Crippen molar-refractivity contribution in [2.24, 2.45) is 0 Å². The topological polar surface area (TPSA) is 102 Å². The summed E-state index contributed by atoms with van der Waals surface area (Å²) in [5.74, 6) is -2.03. The van der Waals surface area contributed by atoms with E-state index in [1.165, 1.54) is 18.6 Å². The normalized spacial score (nSPS) is 15.9. The lowest BCUT2D eigenvalue weighted by molar-refractivity contribution is -0.192. The number of pyridine rings is 1. The smallest absolute Gasteiger partial charge is 0.490 e. The van der Waals surface area contributed by atoms with Crippen LogP contribution in [0.4, 0.5) is 17.6 Å². The number of piperidine rings is 1. The third-order valence-corrected chi connectivity index (χ3v) is 5.13. The van der Waals surface area contributed by atoms with Crippen LogP contribution in [0.2, 0.25) is 0 Å². The Balaban J connectivity index is 0.000000406. The van der Waals surface area contributed by atoms with E-state index in [0.717, 1.165) is 36.3 Å². The summed E-state index contributed by atoms with van der Waals surface area (Å²) in [7, 11) is 1.57. The molecular formula is C22H23F4N5O3. The Morgan fingerprint density at radius 1 is 1.29 bits per heavy atom. The third-order valence-electron chi connectivity index (χ3n) is 5.13. The number of nitrogens with one attached hydrogen (secondary N) is 1. The SMILES string of the molecule is COc1ccc(F)cc1-c1cncc(Cn2cc(C3CCCNC3)nn2)c1.O=C(O)C(F)(F)F. The summed E-state index contributed by atoms with van der Waals surface area (Å²) in [6.45, 7) is 2.59. The fourth-order valence-corrected chi connectivity index (χ4v) is 3.50. The number of carboxylic acids is 1. The second-order valence-electron chi connectivity index (χ2n) is 7.61. The second kappa shape index (κ2) is 11.1. The van der Waals surface area contributed by atoms with E-state index in [2.05, 4.69) is 20.6 Å². The molecule has 1 unspecified atom stereocenters. The van der Waals surface area contributed by atoms with Crippen molar-refractivity contribution < 1.29 is 32.2 Å². The molecule has 1 atom stereocenters. The highest BCUT2D eigenvalue weighted by Gasteiger charge is 2.38. The van der Waals surface area contributed by atoms with E-state index in [4.69, 9.17) is 14.6 Å². The highest BCUT2D eigenvalue weighted by molar-refractivity contribution is 5.73. The highest BCUT2D eigenvalue weighted by atomic mass is 19.4. The first-order valence-electron chi connectivity index (χ1n) is 10.4. The molecule has 2 N–H and O–H groups in total. The maximum atomic E-state index is 13.7. The highest BCUT2D eigenvalue weighted by Crippen LogP contribution is 2.30. The standard InChI is InChI=1S/C20H22FN5O.C2HF3O2/c1-27-20-5-4-17(21)8-18(20)16-7-14(9-23-11-16)12-26-13-19(24-25-26)15-3-2-6-22-10-15;3-2(4,5)1(6)7/h4-5,7-9,11,13,15,22H,2-3,6,10,12H2,1H3;(H,6,7). The Morgan fingerprint density at radius 3 is 2.71 bits per heavy atom. The summed E-state index contributed by atoms with van der Waals surface area (Å²) in [6.07, 6.45) is 2.73. The molecule has 0 spiro atoms. The van der Waals surface area contributed by atoms with E-state index in [0.29, 0.717) is 23.8 Å². The predicted octanol–water partition coefficient (Wildman–Crippen LogP) is 3.64. The van der Waals surface area contributed by atoms with Gasteiger partial charge in [0.1, 0.15) is 11.6 Å². The van der Waals surface area contributed by atoms with Gasteiger partial charge in [-0.3, -0.25) is 4.98 Å². The maximum absolute atomic E-state index is 13.7. The van der Waals surface area contributed by atoms with Gasteiger partial charge in [-0.25, -0.2) is 13.9 Å². The van der Waals surface area contributed by atoms with Gasteiger partial charge in [0, 0.05) is 42.2 Å². The Morgan fingerprint density at radius 2 is 2.06 bits per heavy atom. The minimum absolute atomic E-state index is 0.307. The van der Waals surface area contributed by atoms with Gasteiger partial charge in [0.2, 0.25) is 0 Å². The first-order valence-corrected chi connectivity index (χ1v) is 10.4. The fourth-order valence-electron chi connectivity index (χ4n) is 3.50. The molecule has 1 saturated heterocycles. The second-order valence-corrected chi connectivity index (χ2v) is 7.61. The molecule has 0 bridgehead atoms. The summed E-state index contributed by atoms with van der Waals surface area (Å²) >= 11 is 0. The van der Waals surface area contributed by atoms with E-state index in [1.807, 2.05) is 16.9 Å². The van der Waals surface area contributed by atoms with Gasteiger partial charge >= 0.3 is 12.1 Å². The molecule has 4 rings (SSSR count). The van der Waals surface area contributed by atoms with Gasteiger partial charge in [0.15, 0.2) is 0 Å². The van der Waals surface area contributed by atoms with Crippen LogP contribution in [0.15, 0.2) is 42.9 Å².